The Bertz CT molecular complexity index is 767. The number of benzene rings is 2. The molecule has 2 N–H and O–H groups in total. The van der Waals surface area contributed by atoms with Crippen molar-refractivity contribution < 1.29 is 0 Å². The normalized spacial score (nSPS) is 10.9. The third-order valence-electron chi connectivity index (χ3n) is 3.31. The highest BCUT2D eigenvalue weighted by atomic mass is 35.5. The minimum absolute atomic E-state index is 0.473. The molecule has 0 fully saturated rings. The van der Waals surface area contributed by atoms with Crippen molar-refractivity contribution in [2.45, 2.75) is 13.3 Å². The van der Waals surface area contributed by atoms with Crippen LogP contribution in [-0.2, 0) is 6.42 Å². The van der Waals surface area contributed by atoms with Gasteiger partial charge in [-0.05, 0) is 30.2 Å². The van der Waals surface area contributed by atoms with E-state index in [1.807, 2.05) is 18.2 Å². The molecule has 3 aromatic rings. The highest BCUT2D eigenvalue weighted by Gasteiger charge is 2.07. The first kappa shape index (κ1) is 12.9. The number of nitrogens with zero attached hydrogens (tertiary/aromatic N) is 2. The van der Waals surface area contributed by atoms with Crippen molar-refractivity contribution >= 4 is 28.3 Å². The molecule has 2 aromatic carbocycles. The fraction of sp³-hybridized carbons (Fsp3) is 0.125. The number of hydrogen-bond donors (Lipinski definition) is 1. The monoisotopic (exact) mass is 283 g/mol. The van der Waals surface area contributed by atoms with Gasteiger partial charge in [0.25, 0.3) is 0 Å². The first-order valence-electron chi connectivity index (χ1n) is 6.49. The second-order valence-electron chi connectivity index (χ2n) is 4.64. The van der Waals surface area contributed by atoms with Gasteiger partial charge in [0, 0.05) is 16.0 Å². The van der Waals surface area contributed by atoms with E-state index < -0.39 is 0 Å². The summed E-state index contributed by atoms with van der Waals surface area (Å²) < 4.78 is 0. The molecule has 0 spiro atoms. The summed E-state index contributed by atoms with van der Waals surface area (Å²) in [5.41, 5.74) is 9.01. The molecule has 3 nitrogen and oxygen atoms in total. The zero-order valence-electron chi connectivity index (χ0n) is 11.1. The Kier molecular flexibility index (Phi) is 3.28. The minimum Gasteiger partial charge on any atom is -0.383 e. The maximum absolute atomic E-state index is 6.01. The van der Waals surface area contributed by atoms with E-state index in [2.05, 4.69) is 29.0 Å². The molecule has 0 aliphatic carbocycles. The third kappa shape index (κ3) is 2.32. The van der Waals surface area contributed by atoms with E-state index in [1.54, 1.807) is 12.1 Å². The van der Waals surface area contributed by atoms with Gasteiger partial charge in [-0.2, -0.15) is 0 Å². The second-order valence-corrected chi connectivity index (χ2v) is 5.08. The lowest BCUT2D eigenvalue weighted by Gasteiger charge is -2.06. The van der Waals surface area contributed by atoms with Crippen molar-refractivity contribution in [1.82, 2.24) is 9.97 Å². The molecule has 0 saturated carbocycles. The first-order valence-corrected chi connectivity index (χ1v) is 6.87. The first-order chi connectivity index (χ1) is 9.67. The molecule has 0 radical (unpaired) electrons. The summed E-state index contributed by atoms with van der Waals surface area (Å²) in [5.74, 6) is 1.10. The predicted octanol–water partition coefficient (Wildman–Crippen LogP) is 4.09. The van der Waals surface area contributed by atoms with Crippen LogP contribution >= 0.6 is 11.6 Å². The largest absolute Gasteiger partial charge is 0.383 e. The maximum atomic E-state index is 6.01. The Morgan fingerprint density at radius 3 is 2.50 bits per heavy atom. The van der Waals surface area contributed by atoms with Gasteiger partial charge in [0.15, 0.2) is 5.82 Å². The highest BCUT2D eigenvalue weighted by Crippen LogP contribution is 2.25. The fourth-order valence-electron chi connectivity index (χ4n) is 2.15. The van der Waals surface area contributed by atoms with Crippen molar-refractivity contribution in [2.24, 2.45) is 0 Å². The molecule has 1 aromatic heterocycles. The fourth-order valence-corrected chi connectivity index (χ4v) is 2.31. The number of nitrogen functional groups attached to an aromatic ring is 1. The molecule has 4 heteroatoms. The van der Waals surface area contributed by atoms with Gasteiger partial charge in [-0.25, -0.2) is 9.97 Å². The average molecular weight is 284 g/mol. The van der Waals surface area contributed by atoms with Gasteiger partial charge in [0.1, 0.15) is 5.82 Å². The van der Waals surface area contributed by atoms with Crippen LogP contribution in [0.1, 0.15) is 12.5 Å². The summed E-state index contributed by atoms with van der Waals surface area (Å²) in [5, 5.41) is 1.46. The topological polar surface area (TPSA) is 51.8 Å². The molecular weight excluding hydrogens is 270 g/mol. The van der Waals surface area contributed by atoms with Crippen LogP contribution in [0.2, 0.25) is 5.02 Å². The molecule has 0 amide bonds. The van der Waals surface area contributed by atoms with E-state index in [1.165, 1.54) is 5.56 Å². The number of hydrogen-bond acceptors (Lipinski definition) is 3. The molecule has 20 heavy (non-hydrogen) atoms. The molecule has 0 bridgehead atoms. The van der Waals surface area contributed by atoms with Crippen molar-refractivity contribution in [3.05, 3.63) is 53.1 Å². The van der Waals surface area contributed by atoms with Gasteiger partial charge >= 0.3 is 0 Å². The van der Waals surface area contributed by atoms with E-state index >= 15 is 0 Å². The Balaban J connectivity index is 2.15. The number of halogens is 1. The summed E-state index contributed by atoms with van der Waals surface area (Å²) >= 11 is 6.01. The zero-order chi connectivity index (χ0) is 14.1. The number of fused-ring (bicyclic) bond motifs is 1. The smallest absolute Gasteiger partial charge is 0.162 e. The molecule has 0 unspecified atom stereocenters. The molecule has 100 valence electrons. The lowest BCUT2D eigenvalue weighted by atomic mass is 10.1. The summed E-state index contributed by atoms with van der Waals surface area (Å²) in [4.78, 5) is 8.93. The van der Waals surface area contributed by atoms with E-state index in [0.29, 0.717) is 16.7 Å². The van der Waals surface area contributed by atoms with E-state index in [9.17, 15) is 0 Å². The molecule has 1 heterocycles. The van der Waals surface area contributed by atoms with E-state index in [-0.39, 0.29) is 0 Å². The highest BCUT2D eigenvalue weighted by molar-refractivity contribution is 6.31. The van der Waals surface area contributed by atoms with E-state index in [4.69, 9.17) is 17.3 Å². The number of nitrogens with two attached hydrogens (primary N) is 1. The summed E-state index contributed by atoms with van der Waals surface area (Å²) in [6, 6.07) is 13.6. The van der Waals surface area contributed by atoms with Gasteiger partial charge in [0.2, 0.25) is 0 Å². The van der Waals surface area contributed by atoms with Gasteiger partial charge in [0.05, 0.1) is 5.52 Å². The van der Waals surface area contributed by atoms with Gasteiger partial charge < -0.3 is 5.73 Å². The van der Waals surface area contributed by atoms with Gasteiger partial charge in [-0.3, -0.25) is 0 Å². The summed E-state index contributed by atoms with van der Waals surface area (Å²) in [6.07, 6.45) is 1.01. The van der Waals surface area contributed by atoms with Crippen LogP contribution in [0.4, 0.5) is 5.82 Å². The number of rotatable bonds is 2. The molecular formula is C16H14ClN3. The Labute approximate surface area is 122 Å². The van der Waals surface area contributed by atoms with Crippen molar-refractivity contribution in [3.8, 4) is 11.4 Å². The van der Waals surface area contributed by atoms with Crippen molar-refractivity contribution in [1.29, 1.82) is 0 Å². The lowest BCUT2D eigenvalue weighted by molar-refractivity contribution is 1.14. The van der Waals surface area contributed by atoms with Gasteiger partial charge in [-0.1, -0.05) is 42.8 Å². The third-order valence-corrected chi connectivity index (χ3v) is 3.54. The molecule has 0 atom stereocenters. The Morgan fingerprint density at radius 2 is 1.80 bits per heavy atom. The zero-order valence-corrected chi connectivity index (χ0v) is 11.9. The van der Waals surface area contributed by atoms with Crippen molar-refractivity contribution in [3.63, 3.8) is 0 Å². The average Bonchev–Trinajstić information content (AvgIpc) is 2.46. The minimum atomic E-state index is 0.473. The van der Waals surface area contributed by atoms with Crippen LogP contribution in [0, 0.1) is 0 Å². The van der Waals surface area contributed by atoms with Crippen LogP contribution in [0.5, 0.6) is 0 Å². The second kappa shape index (κ2) is 5.10. The lowest BCUT2D eigenvalue weighted by Crippen LogP contribution is -1.98. The van der Waals surface area contributed by atoms with Crippen molar-refractivity contribution in [2.75, 3.05) is 5.73 Å². The van der Waals surface area contributed by atoms with Crippen LogP contribution in [-0.4, -0.2) is 9.97 Å². The summed E-state index contributed by atoms with van der Waals surface area (Å²) in [7, 11) is 0. The predicted molar refractivity (Wildman–Crippen MR) is 83.8 cm³/mol. The van der Waals surface area contributed by atoms with E-state index in [0.717, 1.165) is 22.9 Å². The van der Waals surface area contributed by atoms with Crippen LogP contribution in [0.3, 0.4) is 0 Å². The quantitative estimate of drug-likeness (QED) is 0.770. The molecule has 0 aliphatic heterocycles. The van der Waals surface area contributed by atoms with Crippen LogP contribution < -0.4 is 5.73 Å². The molecule has 3 rings (SSSR count). The maximum Gasteiger partial charge on any atom is 0.162 e. The van der Waals surface area contributed by atoms with Crippen LogP contribution in [0.25, 0.3) is 22.3 Å². The SMILES string of the molecule is CCc1ccc(-c2nc(N)c3ccc(Cl)cc3n2)cc1. The number of aryl methyl sites for hydroxylation is 1. The molecule has 0 aliphatic rings. The Hall–Kier alpha value is -2.13. The number of aromatic nitrogens is 2. The summed E-state index contributed by atoms with van der Waals surface area (Å²) in [6.45, 7) is 2.13. The Morgan fingerprint density at radius 1 is 1.05 bits per heavy atom. The van der Waals surface area contributed by atoms with Gasteiger partial charge in [-0.15, -0.1) is 0 Å². The van der Waals surface area contributed by atoms with Crippen LogP contribution in [0.15, 0.2) is 42.5 Å². The number of anilines is 1. The molecule has 0 saturated heterocycles. The standard InChI is InChI=1S/C16H14ClN3/c1-2-10-3-5-11(6-4-10)16-19-14-9-12(17)7-8-13(14)15(18)20-16/h3-9H,2H2,1H3,(H2,18,19,20).